The Bertz CT molecular complexity index is 912. The van der Waals surface area contributed by atoms with Crippen LogP contribution in [0.5, 0.6) is 11.5 Å². The molecule has 2 amide bonds. The monoisotopic (exact) mass is 439 g/mol. The van der Waals surface area contributed by atoms with Crippen LogP contribution in [-0.2, 0) is 6.54 Å². The second-order valence-electron chi connectivity index (χ2n) is 7.71. The zero-order chi connectivity index (χ0) is 22.8. The molecule has 0 aromatic heterocycles. The Morgan fingerprint density at radius 1 is 1.09 bits per heavy atom. The van der Waals surface area contributed by atoms with Gasteiger partial charge >= 0.3 is 6.03 Å². The van der Waals surface area contributed by atoms with Crippen molar-refractivity contribution in [2.45, 2.75) is 32.4 Å². The highest BCUT2D eigenvalue weighted by Gasteiger charge is 2.17. The van der Waals surface area contributed by atoms with Gasteiger partial charge in [-0.1, -0.05) is 24.3 Å². The Kier molecular flexibility index (Phi) is 8.60. The average Bonchev–Trinajstić information content (AvgIpc) is 3.35. The number of benzene rings is 2. The molecule has 0 aliphatic carbocycles. The van der Waals surface area contributed by atoms with Crippen LogP contribution in [0.4, 0.5) is 10.5 Å². The molecule has 2 aromatic carbocycles. The van der Waals surface area contributed by atoms with Crippen molar-refractivity contribution < 1.29 is 14.3 Å². The predicted molar refractivity (Wildman–Crippen MR) is 128 cm³/mol. The van der Waals surface area contributed by atoms with Gasteiger partial charge in [-0.25, -0.2) is 4.79 Å². The van der Waals surface area contributed by atoms with Crippen LogP contribution in [0.15, 0.2) is 53.5 Å². The van der Waals surface area contributed by atoms with Gasteiger partial charge in [0.2, 0.25) is 0 Å². The molecule has 0 saturated carbocycles. The molecule has 2 aromatic rings. The van der Waals surface area contributed by atoms with Crippen molar-refractivity contribution in [2.24, 2.45) is 4.99 Å². The highest BCUT2D eigenvalue weighted by molar-refractivity contribution is 5.89. The maximum absolute atomic E-state index is 12.3. The minimum atomic E-state index is -0.0889. The molecule has 3 rings (SSSR count). The SMILES string of the molecule is CN=C(NCc1cccc(NC(=O)N2CCCC2)c1)NCC(C)Oc1ccccc1OC. The summed E-state index contributed by atoms with van der Waals surface area (Å²) < 4.78 is 11.3. The summed E-state index contributed by atoms with van der Waals surface area (Å²) in [5.41, 5.74) is 1.84. The number of guanidine groups is 1. The summed E-state index contributed by atoms with van der Waals surface area (Å²) in [6.07, 6.45) is 2.06. The second-order valence-corrected chi connectivity index (χ2v) is 7.71. The van der Waals surface area contributed by atoms with Crippen LogP contribution in [0.2, 0.25) is 0 Å². The van der Waals surface area contributed by atoms with Crippen molar-refractivity contribution in [3.05, 3.63) is 54.1 Å². The lowest BCUT2D eigenvalue weighted by molar-refractivity contribution is 0.213. The third kappa shape index (κ3) is 6.80. The van der Waals surface area contributed by atoms with Gasteiger partial charge in [-0.3, -0.25) is 4.99 Å². The molecule has 1 fully saturated rings. The van der Waals surface area contributed by atoms with E-state index in [4.69, 9.17) is 9.47 Å². The van der Waals surface area contributed by atoms with Crippen LogP contribution in [-0.4, -0.2) is 56.8 Å². The molecule has 32 heavy (non-hydrogen) atoms. The molecule has 1 unspecified atom stereocenters. The van der Waals surface area contributed by atoms with E-state index in [1.807, 2.05) is 60.4 Å². The first-order valence-corrected chi connectivity index (χ1v) is 11.0. The van der Waals surface area contributed by atoms with Crippen LogP contribution in [0.3, 0.4) is 0 Å². The number of likely N-dealkylation sites (tertiary alicyclic amines) is 1. The van der Waals surface area contributed by atoms with Gasteiger partial charge in [-0.05, 0) is 49.6 Å². The Hall–Kier alpha value is -3.42. The molecular weight excluding hydrogens is 406 g/mol. The molecule has 1 atom stereocenters. The van der Waals surface area contributed by atoms with Gasteiger partial charge in [0.05, 0.1) is 13.7 Å². The Balaban J connectivity index is 1.46. The van der Waals surface area contributed by atoms with Crippen LogP contribution in [0, 0.1) is 0 Å². The number of amides is 2. The molecular formula is C24H33N5O3. The molecule has 0 radical (unpaired) electrons. The lowest BCUT2D eigenvalue weighted by atomic mass is 10.2. The number of urea groups is 1. The third-order valence-corrected chi connectivity index (χ3v) is 5.21. The molecule has 172 valence electrons. The van der Waals surface area contributed by atoms with Crippen LogP contribution < -0.4 is 25.4 Å². The Morgan fingerprint density at radius 3 is 2.56 bits per heavy atom. The van der Waals surface area contributed by atoms with Crippen molar-refractivity contribution in [3.63, 3.8) is 0 Å². The molecule has 1 heterocycles. The normalized spacial score (nSPS) is 14.6. The molecule has 8 heteroatoms. The number of methoxy groups -OCH3 is 1. The first-order valence-electron chi connectivity index (χ1n) is 11.0. The maximum atomic E-state index is 12.3. The summed E-state index contributed by atoms with van der Waals surface area (Å²) in [6, 6.07) is 15.4. The molecule has 0 spiro atoms. The summed E-state index contributed by atoms with van der Waals surface area (Å²) in [5.74, 6) is 2.09. The fraction of sp³-hybridized carbons (Fsp3) is 0.417. The molecule has 0 bridgehead atoms. The van der Waals surface area contributed by atoms with Gasteiger partial charge in [0.15, 0.2) is 17.5 Å². The number of carbonyl (C=O) groups excluding carboxylic acids is 1. The molecule has 8 nitrogen and oxygen atoms in total. The number of nitrogens with one attached hydrogen (secondary N) is 3. The largest absolute Gasteiger partial charge is 0.493 e. The lowest BCUT2D eigenvalue weighted by Gasteiger charge is -2.19. The van der Waals surface area contributed by atoms with E-state index in [2.05, 4.69) is 20.9 Å². The number of aliphatic imine (C=N–C) groups is 1. The summed E-state index contributed by atoms with van der Waals surface area (Å²) in [5, 5.41) is 9.56. The smallest absolute Gasteiger partial charge is 0.321 e. The first kappa shape index (κ1) is 23.2. The summed E-state index contributed by atoms with van der Waals surface area (Å²) in [6.45, 7) is 4.79. The minimum absolute atomic E-state index is 0.0332. The van der Waals surface area contributed by atoms with Gasteiger partial charge in [-0.2, -0.15) is 0 Å². The zero-order valence-corrected chi connectivity index (χ0v) is 19.1. The quantitative estimate of drug-likeness (QED) is 0.433. The van der Waals surface area contributed by atoms with Crippen molar-refractivity contribution in [1.82, 2.24) is 15.5 Å². The van der Waals surface area contributed by atoms with E-state index in [9.17, 15) is 4.79 Å². The summed E-state index contributed by atoms with van der Waals surface area (Å²) >= 11 is 0. The second kappa shape index (κ2) is 11.8. The number of carbonyl (C=O) groups is 1. The summed E-state index contributed by atoms with van der Waals surface area (Å²) in [7, 11) is 3.36. The number of nitrogens with zero attached hydrogens (tertiary/aromatic N) is 2. The van der Waals surface area contributed by atoms with E-state index in [1.165, 1.54) is 0 Å². The number of ether oxygens (including phenoxy) is 2. The fourth-order valence-electron chi connectivity index (χ4n) is 3.50. The highest BCUT2D eigenvalue weighted by atomic mass is 16.5. The standard InChI is InChI=1S/C24H33N5O3/c1-18(32-22-12-5-4-11-21(22)31-3)16-26-23(25-2)27-17-19-9-8-10-20(15-19)28-24(30)29-13-6-7-14-29/h4-5,8-12,15,18H,6-7,13-14,16-17H2,1-3H3,(H,28,30)(H2,25,26,27). The summed E-state index contributed by atoms with van der Waals surface area (Å²) in [4.78, 5) is 18.4. The van der Waals surface area contributed by atoms with E-state index >= 15 is 0 Å². The third-order valence-electron chi connectivity index (χ3n) is 5.21. The van der Waals surface area contributed by atoms with Crippen molar-refractivity contribution in [3.8, 4) is 11.5 Å². The lowest BCUT2D eigenvalue weighted by Crippen LogP contribution is -2.41. The molecule has 1 aliphatic rings. The Morgan fingerprint density at radius 2 is 1.84 bits per heavy atom. The number of hydrogen-bond donors (Lipinski definition) is 3. The maximum Gasteiger partial charge on any atom is 0.321 e. The zero-order valence-electron chi connectivity index (χ0n) is 19.1. The van der Waals surface area contributed by atoms with Gasteiger partial charge in [0, 0.05) is 32.4 Å². The van der Waals surface area contributed by atoms with Crippen molar-refractivity contribution in [2.75, 3.05) is 39.1 Å². The molecule has 3 N–H and O–H groups in total. The van der Waals surface area contributed by atoms with Gasteiger partial charge in [-0.15, -0.1) is 0 Å². The fourth-order valence-corrected chi connectivity index (χ4v) is 3.50. The molecule has 1 aliphatic heterocycles. The average molecular weight is 440 g/mol. The number of anilines is 1. The van der Waals surface area contributed by atoms with Crippen molar-refractivity contribution in [1.29, 1.82) is 0 Å². The van der Waals surface area contributed by atoms with E-state index < -0.39 is 0 Å². The van der Waals surface area contributed by atoms with E-state index in [1.54, 1.807) is 14.2 Å². The number of rotatable bonds is 8. The minimum Gasteiger partial charge on any atom is -0.493 e. The van der Waals surface area contributed by atoms with E-state index in [0.29, 0.717) is 30.5 Å². The van der Waals surface area contributed by atoms with E-state index in [-0.39, 0.29) is 12.1 Å². The van der Waals surface area contributed by atoms with Crippen LogP contribution in [0.25, 0.3) is 0 Å². The highest BCUT2D eigenvalue weighted by Crippen LogP contribution is 2.26. The first-order chi connectivity index (χ1) is 15.6. The van der Waals surface area contributed by atoms with Crippen LogP contribution >= 0.6 is 0 Å². The van der Waals surface area contributed by atoms with Gasteiger partial charge < -0.3 is 30.3 Å². The number of para-hydroxylation sites is 2. The molecule has 1 saturated heterocycles. The van der Waals surface area contributed by atoms with Gasteiger partial charge in [0.1, 0.15) is 6.10 Å². The van der Waals surface area contributed by atoms with E-state index in [0.717, 1.165) is 37.2 Å². The predicted octanol–water partition coefficient (Wildman–Crippen LogP) is 3.46. The topological polar surface area (TPSA) is 87.2 Å². The number of hydrogen-bond acceptors (Lipinski definition) is 4. The Labute approximate surface area is 190 Å². The van der Waals surface area contributed by atoms with Gasteiger partial charge in [0.25, 0.3) is 0 Å². The van der Waals surface area contributed by atoms with Crippen molar-refractivity contribution >= 4 is 17.7 Å². The van der Waals surface area contributed by atoms with Crippen LogP contribution in [0.1, 0.15) is 25.3 Å².